The van der Waals surface area contributed by atoms with Crippen LogP contribution in [0.15, 0.2) is 73.2 Å². The molecule has 0 spiro atoms. The number of nitrogens with zero attached hydrogens (tertiary/aromatic N) is 2. The standard InChI is InChI=1S/C23H14FN3O2/c24-17-7-8-18-22(21(17)13-3-5-14(6-4-13)23(28)29)16-10-19(26-12-20(16)27-18)15-2-1-9-25-11-15/h1-12,27H,(H,28,29). The van der Waals surface area contributed by atoms with Crippen molar-refractivity contribution in [3.8, 4) is 22.4 Å². The van der Waals surface area contributed by atoms with Gasteiger partial charge in [0.1, 0.15) is 5.82 Å². The molecule has 0 saturated carbocycles. The fourth-order valence-electron chi connectivity index (χ4n) is 3.60. The summed E-state index contributed by atoms with van der Waals surface area (Å²) in [5.74, 6) is -1.39. The van der Waals surface area contributed by atoms with Crippen LogP contribution < -0.4 is 0 Å². The molecular weight excluding hydrogens is 369 g/mol. The van der Waals surface area contributed by atoms with Crippen molar-refractivity contribution in [1.82, 2.24) is 15.0 Å². The Balaban J connectivity index is 1.79. The predicted molar refractivity (Wildman–Crippen MR) is 109 cm³/mol. The van der Waals surface area contributed by atoms with Crippen LogP contribution in [0.4, 0.5) is 4.39 Å². The van der Waals surface area contributed by atoms with E-state index in [9.17, 15) is 9.18 Å². The van der Waals surface area contributed by atoms with Crippen LogP contribution in [0.1, 0.15) is 10.4 Å². The Bertz CT molecular complexity index is 1380. The zero-order valence-corrected chi connectivity index (χ0v) is 15.1. The molecule has 0 aliphatic heterocycles. The number of carbonyl (C=O) groups is 1. The first-order valence-corrected chi connectivity index (χ1v) is 8.96. The van der Waals surface area contributed by atoms with Crippen molar-refractivity contribution in [3.05, 3.63) is 84.6 Å². The van der Waals surface area contributed by atoms with Gasteiger partial charge in [-0.15, -0.1) is 0 Å². The highest BCUT2D eigenvalue weighted by atomic mass is 19.1. The number of aromatic nitrogens is 3. The summed E-state index contributed by atoms with van der Waals surface area (Å²) in [5.41, 5.74) is 4.37. The number of nitrogens with one attached hydrogen (secondary N) is 1. The highest BCUT2D eigenvalue weighted by Crippen LogP contribution is 2.37. The topological polar surface area (TPSA) is 78.9 Å². The second-order valence-corrected chi connectivity index (χ2v) is 6.71. The van der Waals surface area contributed by atoms with Crippen molar-refractivity contribution in [1.29, 1.82) is 0 Å². The minimum absolute atomic E-state index is 0.156. The molecule has 0 unspecified atom stereocenters. The van der Waals surface area contributed by atoms with Crippen molar-refractivity contribution in [2.24, 2.45) is 0 Å². The summed E-state index contributed by atoms with van der Waals surface area (Å²) in [6.45, 7) is 0. The van der Waals surface area contributed by atoms with Gasteiger partial charge in [-0.3, -0.25) is 9.97 Å². The Hall–Kier alpha value is -4.06. The van der Waals surface area contributed by atoms with Crippen molar-refractivity contribution in [2.75, 3.05) is 0 Å². The number of hydrogen-bond donors (Lipinski definition) is 2. The van der Waals surface area contributed by atoms with E-state index in [1.165, 1.54) is 18.2 Å². The Morgan fingerprint density at radius 2 is 1.79 bits per heavy atom. The average molecular weight is 383 g/mol. The van der Waals surface area contributed by atoms with Crippen molar-refractivity contribution >= 4 is 27.8 Å². The SMILES string of the molecule is O=C(O)c1ccc(-c2c(F)ccc3[nH]c4cnc(-c5cccnc5)cc4c23)cc1. The summed E-state index contributed by atoms with van der Waals surface area (Å²) in [6.07, 6.45) is 5.16. The third kappa shape index (κ3) is 2.82. The highest BCUT2D eigenvalue weighted by molar-refractivity contribution is 6.14. The van der Waals surface area contributed by atoms with Crippen molar-refractivity contribution in [3.63, 3.8) is 0 Å². The molecule has 0 radical (unpaired) electrons. The minimum atomic E-state index is -1.02. The molecule has 0 atom stereocenters. The molecule has 5 aromatic rings. The van der Waals surface area contributed by atoms with Crippen LogP contribution in [0.25, 0.3) is 44.2 Å². The lowest BCUT2D eigenvalue weighted by Crippen LogP contribution is -1.95. The van der Waals surface area contributed by atoms with E-state index in [0.717, 1.165) is 33.1 Å². The van der Waals surface area contributed by atoms with E-state index in [1.54, 1.807) is 36.8 Å². The minimum Gasteiger partial charge on any atom is -0.478 e. The molecule has 3 aromatic heterocycles. The number of H-pyrrole nitrogens is 1. The Labute approximate surface area is 164 Å². The van der Waals surface area contributed by atoms with Crippen LogP contribution in [0.2, 0.25) is 0 Å². The number of hydrogen-bond acceptors (Lipinski definition) is 3. The number of fused-ring (bicyclic) bond motifs is 3. The lowest BCUT2D eigenvalue weighted by molar-refractivity contribution is 0.0697. The summed E-state index contributed by atoms with van der Waals surface area (Å²) in [7, 11) is 0. The van der Waals surface area contributed by atoms with Gasteiger partial charge in [0, 0.05) is 39.8 Å². The van der Waals surface area contributed by atoms with Crippen molar-refractivity contribution < 1.29 is 14.3 Å². The second kappa shape index (κ2) is 6.53. The summed E-state index contributed by atoms with van der Waals surface area (Å²) in [4.78, 5) is 23.1. The van der Waals surface area contributed by atoms with Gasteiger partial charge in [0.05, 0.1) is 23.0 Å². The van der Waals surface area contributed by atoms with Gasteiger partial charge in [0.25, 0.3) is 0 Å². The number of pyridine rings is 2. The van der Waals surface area contributed by atoms with Gasteiger partial charge in [0.15, 0.2) is 0 Å². The lowest BCUT2D eigenvalue weighted by atomic mass is 9.97. The first kappa shape index (κ1) is 17.1. The molecule has 140 valence electrons. The predicted octanol–water partition coefficient (Wildman–Crippen LogP) is 5.28. The highest BCUT2D eigenvalue weighted by Gasteiger charge is 2.16. The molecule has 5 nitrogen and oxygen atoms in total. The van der Waals surface area contributed by atoms with E-state index in [0.29, 0.717) is 11.1 Å². The van der Waals surface area contributed by atoms with Gasteiger partial charge in [-0.25, -0.2) is 9.18 Å². The molecule has 0 aliphatic rings. The van der Waals surface area contributed by atoms with Crippen LogP contribution in [-0.2, 0) is 0 Å². The summed E-state index contributed by atoms with van der Waals surface area (Å²) in [5, 5.41) is 10.7. The van der Waals surface area contributed by atoms with Gasteiger partial charge < -0.3 is 10.1 Å². The molecule has 0 saturated heterocycles. The molecule has 2 N–H and O–H groups in total. The Morgan fingerprint density at radius 1 is 0.966 bits per heavy atom. The summed E-state index contributed by atoms with van der Waals surface area (Å²) in [6, 6.07) is 15.0. The monoisotopic (exact) mass is 383 g/mol. The first-order valence-electron chi connectivity index (χ1n) is 8.96. The molecule has 29 heavy (non-hydrogen) atoms. The van der Waals surface area contributed by atoms with Gasteiger partial charge in [-0.05, 0) is 48.0 Å². The maximum atomic E-state index is 14.9. The first-order chi connectivity index (χ1) is 14.1. The number of aromatic carboxylic acids is 1. The van der Waals surface area contributed by atoms with Gasteiger partial charge in [-0.2, -0.15) is 0 Å². The van der Waals surface area contributed by atoms with Crippen LogP contribution in [0.3, 0.4) is 0 Å². The molecule has 2 aromatic carbocycles. The molecule has 0 bridgehead atoms. The normalized spacial score (nSPS) is 11.2. The number of benzene rings is 2. The van der Waals surface area contributed by atoms with Gasteiger partial charge in [-0.1, -0.05) is 12.1 Å². The summed E-state index contributed by atoms with van der Waals surface area (Å²) >= 11 is 0. The maximum absolute atomic E-state index is 14.9. The van der Waals surface area contributed by atoms with Crippen LogP contribution in [0.5, 0.6) is 0 Å². The molecule has 0 aliphatic carbocycles. The van der Waals surface area contributed by atoms with E-state index < -0.39 is 5.97 Å². The molecule has 3 heterocycles. The van der Waals surface area contributed by atoms with E-state index in [1.807, 2.05) is 18.2 Å². The third-order valence-corrected chi connectivity index (χ3v) is 4.97. The van der Waals surface area contributed by atoms with Gasteiger partial charge in [0.2, 0.25) is 0 Å². The average Bonchev–Trinajstić information content (AvgIpc) is 3.12. The fraction of sp³-hybridized carbons (Fsp3) is 0. The van der Waals surface area contributed by atoms with Crippen LogP contribution in [0, 0.1) is 5.82 Å². The third-order valence-electron chi connectivity index (χ3n) is 4.97. The van der Waals surface area contributed by atoms with E-state index in [4.69, 9.17) is 5.11 Å². The molecule has 6 heteroatoms. The fourth-order valence-corrected chi connectivity index (χ4v) is 3.60. The maximum Gasteiger partial charge on any atom is 0.335 e. The van der Waals surface area contributed by atoms with Crippen molar-refractivity contribution in [2.45, 2.75) is 0 Å². The van der Waals surface area contributed by atoms with E-state index >= 15 is 0 Å². The number of carboxylic acid groups (broad SMARTS) is 1. The smallest absolute Gasteiger partial charge is 0.335 e. The zero-order valence-electron chi connectivity index (χ0n) is 15.1. The number of rotatable bonds is 3. The van der Waals surface area contributed by atoms with E-state index in [2.05, 4.69) is 15.0 Å². The zero-order chi connectivity index (χ0) is 20.0. The number of halogens is 1. The molecular formula is C23H14FN3O2. The molecule has 0 amide bonds. The van der Waals surface area contributed by atoms with E-state index in [-0.39, 0.29) is 11.4 Å². The van der Waals surface area contributed by atoms with Crippen LogP contribution in [-0.4, -0.2) is 26.0 Å². The lowest BCUT2D eigenvalue weighted by Gasteiger charge is -2.07. The Morgan fingerprint density at radius 3 is 2.52 bits per heavy atom. The second-order valence-electron chi connectivity index (χ2n) is 6.71. The number of carboxylic acids is 1. The molecule has 5 rings (SSSR count). The summed E-state index contributed by atoms with van der Waals surface area (Å²) < 4.78 is 14.9. The quantitative estimate of drug-likeness (QED) is 0.444. The number of aromatic amines is 1. The Kier molecular flexibility index (Phi) is 3.84. The van der Waals surface area contributed by atoms with Gasteiger partial charge >= 0.3 is 5.97 Å². The van der Waals surface area contributed by atoms with Crippen LogP contribution >= 0.6 is 0 Å². The largest absolute Gasteiger partial charge is 0.478 e. The molecule has 0 fully saturated rings.